The van der Waals surface area contributed by atoms with Crippen molar-refractivity contribution in [2.75, 3.05) is 13.2 Å². The van der Waals surface area contributed by atoms with Crippen LogP contribution in [0.15, 0.2) is 42.5 Å². The maximum atomic E-state index is 12.7. The number of ether oxygens (including phenoxy) is 1. The molecule has 5 heteroatoms. The highest BCUT2D eigenvalue weighted by atomic mass is 35.5. The molecule has 2 aromatic rings. The summed E-state index contributed by atoms with van der Waals surface area (Å²) in [6.07, 6.45) is 2.66. The lowest BCUT2D eigenvalue weighted by molar-refractivity contribution is 0.0930. The Hall–Kier alpha value is -2.04. The first-order valence-electron chi connectivity index (χ1n) is 8.56. The fourth-order valence-corrected chi connectivity index (χ4v) is 2.96. The molecule has 132 valence electrons. The van der Waals surface area contributed by atoms with Gasteiger partial charge in [-0.25, -0.2) is 0 Å². The molecule has 4 nitrogen and oxygen atoms in total. The summed E-state index contributed by atoms with van der Waals surface area (Å²) in [6.45, 7) is 3.11. The molecule has 0 unspecified atom stereocenters. The highest BCUT2D eigenvalue weighted by Crippen LogP contribution is 2.45. The lowest BCUT2D eigenvalue weighted by atomic mass is 10.0. The van der Waals surface area contributed by atoms with Crippen LogP contribution in [-0.4, -0.2) is 19.1 Å². The molecule has 1 aliphatic rings. The Bertz CT molecular complexity index is 755. The molecule has 0 spiro atoms. The van der Waals surface area contributed by atoms with Gasteiger partial charge in [-0.15, -0.1) is 0 Å². The standard InChI is InChI=1S/C20H23ClN2O2/c1-14-3-4-15(13-18(14)25-12-2-11-22)19(24)23-20(9-10-20)16-5-7-17(21)8-6-16/h3-8,13H,2,9-12,22H2,1H3,(H,23,24). The van der Waals surface area contributed by atoms with Gasteiger partial charge in [0.15, 0.2) is 0 Å². The smallest absolute Gasteiger partial charge is 0.252 e. The molecule has 3 rings (SSSR count). The lowest BCUT2D eigenvalue weighted by Crippen LogP contribution is -2.34. The summed E-state index contributed by atoms with van der Waals surface area (Å²) in [4.78, 5) is 12.7. The van der Waals surface area contributed by atoms with Crippen LogP contribution < -0.4 is 15.8 Å². The van der Waals surface area contributed by atoms with Gasteiger partial charge < -0.3 is 15.8 Å². The largest absolute Gasteiger partial charge is 0.493 e. The number of hydrogen-bond acceptors (Lipinski definition) is 3. The number of amides is 1. The number of nitrogens with one attached hydrogen (secondary N) is 1. The zero-order chi connectivity index (χ0) is 17.9. The SMILES string of the molecule is Cc1ccc(C(=O)NC2(c3ccc(Cl)cc3)CC2)cc1OCCCN. The summed E-state index contributed by atoms with van der Waals surface area (Å²) >= 11 is 5.96. The van der Waals surface area contributed by atoms with Crippen molar-refractivity contribution in [1.29, 1.82) is 0 Å². The maximum absolute atomic E-state index is 12.7. The number of nitrogens with two attached hydrogens (primary N) is 1. The maximum Gasteiger partial charge on any atom is 0.252 e. The van der Waals surface area contributed by atoms with Crippen molar-refractivity contribution in [1.82, 2.24) is 5.32 Å². The first kappa shape index (κ1) is 17.8. The van der Waals surface area contributed by atoms with E-state index in [-0.39, 0.29) is 11.4 Å². The van der Waals surface area contributed by atoms with Crippen LogP contribution in [0.2, 0.25) is 5.02 Å². The molecule has 0 bridgehead atoms. The highest BCUT2D eigenvalue weighted by Gasteiger charge is 2.45. The molecule has 0 heterocycles. The minimum Gasteiger partial charge on any atom is -0.493 e. The van der Waals surface area contributed by atoms with E-state index in [0.29, 0.717) is 23.7 Å². The average Bonchev–Trinajstić information content (AvgIpc) is 3.38. The van der Waals surface area contributed by atoms with Gasteiger partial charge in [-0.1, -0.05) is 29.8 Å². The first-order valence-corrected chi connectivity index (χ1v) is 8.94. The quantitative estimate of drug-likeness (QED) is 0.740. The normalized spacial score (nSPS) is 14.8. The molecule has 1 amide bonds. The Balaban J connectivity index is 1.73. The van der Waals surface area contributed by atoms with Crippen molar-refractivity contribution >= 4 is 17.5 Å². The van der Waals surface area contributed by atoms with Crippen molar-refractivity contribution in [3.8, 4) is 5.75 Å². The number of aryl methyl sites for hydroxylation is 1. The van der Waals surface area contributed by atoms with Gasteiger partial charge in [0.05, 0.1) is 12.1 Å². The Morgan fingerprint density at radius 3 is 2.60 bits per heavy atom. The topological polar surface area (TPSA) is 64.3 Å². The Morgan fingerprint density at radius 2 is 1.96 bits per heavy atom. The molecular formula is C20H23ClN2O2. The van der Waals surface area contributed by atoms with Gasteiger partial charge in [-0.3, -0.25) is 4.79 Å². The van der Waals surface area contributed by atoms with E-state index in [1.165, 1.54) is 0 Å². The molecule has 0 radical (unpaired) electrons. The minimum atomic E-state index is -0.271. The van der Waals surface area contributed by atoms with Gasteiger partial charge in [0.1, 0.15) is 5.75 Å². The van der Waals surface area contributed by atoms with Crippen LogP contribution in [0, 0.1) is 6.92 Å². The second-order valence-electron chi connectivity index (χ2n) is 6.51. The number of rotatable bonds is 7. The van der Waals surface area contributed by atoms with Crippen molar-refractivity contribution in [2.45, 2.75) is 31.7 Å². The molecule has 1 fully saturated rings. The molecule has 1 saturated carbocycles. The zero-order valence-electron chi connectivity index (χ0n) is 14.3. The van der Waals surface area contributed by atoms with Gasteiger partial charge in [-0.05, 0) is 68.1 Å². The fraction of sp³-hybridized carbons (Fsp3) is 0.350. The molecule has 0 atom stereocenters. The van der Waals surface area contributed by atoms with Crippen LogP contribution in [0.5, 0.6) is 5.75 Å². The molecule has 0 aromatic heterocycles. The lowest BCUT2D eigenvalue weighted by Gasteiger charge is -2.19. The van der Waals surface area contributed by atoms with Gasteiger partial charge in [-0.2, -0.15) is 0 Å². The minimum absolute atomic E-state index is 0.0869. The third-order valence-corrected chi connectivity index (χ3v) is 4.81. The van der Waals surface area contributed by atoms with Gasteiger partial charge in [0, 0.05) is 10.6 Å². The van der Waals surface area contributed by atoms with Crippen molar-refractivity contribution in [3.63, 3.8) is 0 Å². The van der Waals surface area contributed by atoms with Gasteiger partial charge in [0.25, 0.3) is 5.91 Å². The van der Waals surface area contributed by atoms with Crippen LogP contribution in [0.4, 0.5) is 0 Å². The summed E-state index contributed by atoms with van der Waals surface area (Å²) in [5.74, 6) is 0.647. The number of halogens is 1. The van der Waals surface area contributed by atoms with Crippen LogP contribution in [0.1, 0.15) is 40.7 Å². The van der Waals surface area contributed by atoms with Crippen LogP contribution >= 0.6 is 11.6 Å². The Morgan fingerprint density at radius 1 is 1.24 bits per heavy atom. The number of carbonyl (C=O) groups excluding carboxylic acids is 1. The Labute approximate surface area is 153 Å². The van der Waals surface area contributed by atoms with E-state index in [0.717, 1.165) is 36.1 Å². The van der Waals surface area contributed by atoms with E-state index < -0.39 is 0 Å². The fourth-order valence-electron chi connectivity index (χ4n) is 2.83. The van der Waals surface area contributed by atoms with Crippen molar-refractivity contribution < 1.29 is 9.53 Å². The van der Waals surface area contributed by atoms with Gasteiger partial charge in [0.2, 0.25) is 0 Å². The molecule has 0 saturated heterocycles. The highest BCUT2D eigenvalue weighted by molar-refractivity contribution is 6.30. The van der Waals surface area contributed by atoms with Crippen LogP contribution in [0.25, 0.3) is 0 Å². The third-order valence-electron chi connectivity index (χ3n) is 4.56. The zero-order valence-corrected chi connectivity index (χ0v) is 15.1. The molecule has 25 heavy (non-hydrogen) atoms. The average molecular weight is 359 g/mol. The summed E-state index contributed by atoms with van der Waals surface area (Å²) in [5.41, 5.74) is 7.93. The second kappa shape index (κ2) is 7.46. The number of hydrogen-bond donors (Lipinski definition) is 2. The van der Waals surface area contributed by atoms with E-state index in [9.17, 15) is 4.79 Å². The second-order valence-corrected chi connectivity index (χ2v) is 6.95. The molecular weight excluding hydrogens is 336 g/mol. The van der Waals surface area contributed by atoms with Crippen molar-refractivity contribution in [3.05, 3.63) is 64.2 Å². The Kier molecular flexibility index (Phi) is 5.30. The number of carbonyl (C=O) groups is 1. The van der Waals surface area contributed by atoms with E-state index in [4.69, 9.17) is 22.1 Å². The molecule has 2 aromatic carbocycles. The van der Waals surface area contributed by atoms with E-state index in [2.05, 4.69) is 5.32 Å². The van der Waals surface area contributed by atoms with Crippen LogP contribution in [0.3, 0.4) is 0 Å². The van der Waals surface area contributed by atoms with E-state index in [1.54, 1.807) is 6.07 Å². The van der Waals surface area contributed by atoms with Gasteiger partial charge >= 0.3 is 0 Å². The molecule has 3 N–H and O–H groups in total. The predicted molar refractivity (Wildman–Crippen MR) is 100 cm³/mol. The third kappa shape index (κ3) is 4.14. The monoisotopic (exact) mass is 358 g/mol. The van der Waals surface area contributed by atoms with E-state index in [1.807, 2.05) is 43.3 Å². The molecule has 0 aliphatic heterocycles. The summed E-state index contributed by atoms with van der Waals surface area (Å²) in [5, 5.41) is 3.87. The van der Waals surface area contributed by atoms with Crippen molar-refractivity contribution in [2.24, 2.45) is 5.73 Å². The summed E-state index contributed by atoms with van der Waals surface area (Å²) in [7, 11) is 0. The molecule has 1 aliphatic carbocycles. The predicted octanol–water partition coefficient (Wildman–Crippen LogP) is 3.80. The first-order chi connectivity index (χ1) is 12.0. The summed E-state index contributed by atoms with van der Waals surface area (Å²) < 4.78 is 5.74. The van der Waals surface area contributed by atoms with E-state index >= 15 is 0 Å². The van der Waals surface area contributed by atoms with Crippen LogP contribution in [-0.2, 0) is 5.54 Å². The summed E-state index contributed by atoms with van der Waals surface area (Å²) in [6, 6.07) is 13.2. The number of benzene rings is 2.